The standard InChI is InChI=1S/C15H19N3O3/c1-10(2)7-11(9-19)17-14-3-4-15(18(20)21)13-8-16-6-5-12(13)14/h3-6,8,10-11,17,19H,7,9H2,1-2H3. The number of anilines is 1. The van der Waals surface area contributed by atoms with E-state index in [1.54, 1.807) is 18.3 Å². The number of hydrogen-bond donors (Lipinski definition) is 2. The van der Waals surface area contributed by atoms with Gasteiger partial charge in [0.2, 0.25) is 0 Å². The summed E-state index contributed by atoms with van der Waals surface area (Å²) in [7, 11) is 0. The maximum Gasteiger partial charge on any atom is 0.278 e. The Kier molecular flexibility index (Phi) is 4.70. The van der Waals surface area contributed by atoms with Gasteiger partial charge in [-0.25, -0.2) is 0 Å². The third kappa shape index (κ3) is 3.46. The molecule has 0 bridgehead atoms. The smallest absolute Gasteiger partial charge is 0.278 e. The monoisotopic (exact) mass is 289 g/mol. The summed E-state index contributed by atoms with van der Waals surface area (Å²) in [5, 5.41) is 25.0. The van der Waals surface area contributed by atoms with Gasteiger partial charge in [0.25, 0.3) is 5.69 Å². The van der Waals surface area contributed by atoms with E-state index in [2.05, 4.69) is 24.1 Å². The fourth-order valence-corrected chi connectivity index (χ4v) is 2.43. The van der Waals surface area contributed by atoms with E-state index in [1.165, 1.54) is 12.3 Å². The van der Waals surface area contributed by atoms with Crippen molar-refractivity contribution in [3.63, 3.8) is 0 Å². The Morgan fingerprint density at radius 2 is 2.10 bits per heavy atom. The van der Waals surface area contributed by atoms with Gasteiger partial charge in [0, 0.05) is 35.6 Å². The molecule has 1 heterocycles. The molecular weight excluding hydrogens is 270 g/mol. The summed E-state index contributed by atoms with van der Waals surface area (Å²) in [4.78, 5) is 14.6. The number of fused-ring (bicyclic) bond motifs is 1. The lowest BCUT2D eigenvalue weighted by Crippen LogP contribution is -2.25. The molecule has 1 unspecified atom stereocenters. The molecule has 0 aliphatic rings. The largest absolute Gasteiger partial charge is 0.394 e. The first-order valence-corrected chi connectivity index (χ1v) is 6.91. The van der Waals surface area contributed by atoms with E-state index in [0.717, 1.165) is 17.5 Å². The van der Waals surface area contributed by atoms with Gasteiger partial charge >= 0.3 is 0 Å². The highest BCUT2D eigenvalue weighted by molar-refractivity contribution is 5.99. The third-order valence-corrected chi connectivity index (χ3v) is 3.33. The molecule has 1 aromatic heterocycles. The Morgan fingerprint density at radius 3 is 2.71 bits per heavy atom. The van der Waals surface area contributed by atoms with Gasteiger partial charge in [0.1, 0.15) is 0 Å². The summed E-state index contributed by atoms with van der Waals surface area (Å²) in [5.74, 6) is 0.445. The highest BCUT2D eigenvalue weighted by Crippen LogP contribution is 2.31. The molecule has 0 saturated carbocycles. The number of nitro groups is 1. The molecule has 2 rings (SSSR count). The zero-order valence-electron chi connectivity index (χ0n) is 12.1. The van der Waals surface area contributed by atoms with E-state index in [0.29, 0.717) is 11.3 Å². The van der Waals surface area contributed by atoms with E-state index >= 15 is 0 Å². The van der Waals surface area contributed by atoms with Crippen molar-refractivity contribution in [3.8, 4) is 0 Å². The fraction of sp³-hybridized carbons (Fsp3) is 0.400. The van der Waals surface area contributed by atoms with Gasteiger partial charge in [-0.3, -0.25) is 15.1 Å². The number of aliphatic hydroxyl groups is 1. The lowest BCUT2D eigenvalue weighted by molar-refractivity contribution is -0.383. The van der Waals surface area contributed by atoms with Crippen LogP contribution in [0.3, 0.4) is 0 Å². The van der Waals surface area contributed by atoms with Crippen molar-refractivity contribution in [1.82, 2.24) is 4.98 Å². The number of nitrogens with one attached hydrogen (secondary N) is 1. The molecule has 1 aromatic carbocycles. The average molecular weight is 289 g/mol. The maximum absolute atomic E-state index is 11.1. The predicted octanol–water partition coefficient (Wildman–Crippen LogP) is 2.96. The highest BCUT2D eigenvalue weighted by atomic mass is 16.6. The summed E-state index contributed by atoms with van der Waals surface area (Å²) in [6, 6.07) is 4.82. The van der Waals surface area contributed by atoms with Gasteiger partial charge < -0.3 is 10.4 Å². The maximum atomic E-state index is 11.1. The molecule has 0 amide bonds. The second-order valence-corrected chi connectivity index (χ2v) is 5.46. The van der Waals surface area contributed by atoms with Gasteiger partial charge in [-0.1, -0.05) is 13.8 Å². The quantitative estimate of drug-likeness (QED) is 0.630. The van der Waals surface area contributed by atoms with E-state index in [9.17, 15) is 15.2 Å². The van der Waals surface area contributed by atoms with Crippen LogP contribution in [0.5, 0.6) is 0 Å². The van der Waals surface area contributed by atoms with Crippen LogP contribution in [0, 0.1) is 16.0 Å². The second-order valence-electron chi connectivity index (χ2n) is 5.46. The van der Waals surface area contributed by atoms with E-state index in [1.807, 2.05) is 0 Å². The number of nitro benzene ring substituents is 1. The first-order chi connectivity index (χ1) is 10.0. The van der Waals surface area contributed by atoms with Crippen molar-refractivity contribution >= 4 is 22.1 Å². The molecule has 1 atom stereocenters. The summed E-state index contributed by atoms with van der Waals surface area (Å²) in [6.07, 6.45) is 3.92. The van der Waals surface area contributed by atoms with Crippen LogP contribution in [0.1, 0.15) is 20.3 Å². The van der Waals surface area contributed by atoms with E-state index < -0.39 is 4.92 Å². The lowest BCUT2D eigenvalue weighted by Gasteiger charge is -2.20. The molecule has 2 aromatic rings. The van der Waals surface area contributed by atoms with Crippen LogP contribution in [0.15, 0.2) is 30.6 Å². The number of nitrogens with zero attached hydrogens (tertiary/aromatic N) is 2. The predicted molar refractivity (Wildman–Crippen MR) is 82.3 cm³/mol. The first-order valence-electron chi connectivity index (χ1n) is 6.91. The number of benzene rings is 1. The third-order valence-electron chi connectivity index (χ3n) is 3.33. The zero-order chi connectivity index (χ0) is 15.4. The second kappa shape index (κ2) is 6.49. The molecule has 6 heteroatoms. The Balaban J connectivity index is 2.41. The van der Waals surface area contributed by atoms with Crippen molar-refractivity contribution in [2.75, 3.05) is 11.9 Å². The van der Waals surface area contributed by atoms with Crippen LogP contribution in [-0.2, 0) is 0 Å². The van der Waals surface area contributed by atoms with E-state index in [4.69, 9.17) is 0 Å². The van der Waals surface area contributed by atoms with Gasteiger partial charge in [-0.05, 0) is 24.5 Å². The minimum Gasteiger partial charge on any atom is -0.394 e. The minimum absolute atomic E-state index is 0.0156. The summed E-state index contributed by atoms with van der Waals surface area (Å²) < 4.78 is 0. The Labute approximate surface area is 123 Å². The molecule has 0 aliphatic heterocycles. The van der Waals surface area contributed by atoms with Crippen molar-refractivity contribution < 1.29 is 10.0 Å². The number of aromatic nitrogens is 1. The van der Waals surface area contributed by atoms with Crippen LogP contribution < -0.4 is 5.32 Å². The highest BCUT2D eigenvalue weighted by Gasteiger charge is 2.16. The van der Waals surface area contributed by atoms with Gasteiger partial charge in [-0.2, -0.15) is 0 Å². The molecule has 2 N–H and O–H groups in total. The molecule has 0 spiro atoms. The van der Waals surface area contributed by atoms with Crippen molar-refractivity contribution in [2.45, 2.75) is 26.3 Å². The molecule has 0 fully saturated rings. The molecule has 6 nitrogen and oxygen atoms in total. The number of aliphatic hydroxyl groups excluding tert-OH is 1. The fourth-order valence-electron chi connectivity index (χ4n) is 2.43. The Morgan fingerprint density at radius 1 is 1.33 bits per heavy atom. The molecule has 0 radical (unpaired) electrons. The molecule has 0 aliphatic carbocycles. The Hall–Kier alpha value is -2.21. The average Bonchev–Trinajstić information content (AvgIpc) is 2.46. The Bertz CT molecular complexity index is 643. The first kappa shape index (κ1) is 15.2. The number of pyridine rings is 1. The van der Waals surface area contributed by atoms with E-state index in [-0.39, 0.29) is 18.3 Å². The number of rotatable bonds is 6. The topological polar surface area (TPSA) is 88.3 Å². The summed E-state index contributed by atoms with van der Waals surface area (Å²) in [5.41, 5.74) is 0.811. The van der Waals surface area contributed by atoms with Crippen molar-refractivity contribution in [3.05, 3.63) is 40.7 Å². The lowest BCUT2D eigenvalue weighted by atomic mass is 10.0. The summed E-state index contributed by atoms with van der Waals surface area (Å²) >= 11 is 0. The van der Waals surface area contributed by atoms with Crippen LogP contribution in [0.4, 0.5) is 11.4 Å². The molecule has 0 saturated heterocycles. The van der Waals surface area contributed by atoms with Crippen molar-refractivity contribution in [1.29, 1.82) is 0 Å². The van der Waals surface area contributed by atoms with Gasteiger partial charge in [0.15, 0.2) is 0 Å². The molecule has 21 heavy (non-hydrogen) atoms. The minimum atomic E-state index is -0.411. The normalized spacial score (nSPS) is 12.6. The van der Waals surface area contributed by atoms with Crippen molar-refractivity contribution in [2.24, 2.45) is 5.92 Å². The molecular formula is C15H19N3O3. The number of non-ortho nitro benzene ring substituents is 1. The van der Waals surface area contributed by atoms with Crippen LogP contribution >= 0.6 is 0 Å². The van der Waals surface area contributed by atoms with Crippen LogP contribution in [0.2, 0.25) is 0 Å². The van der Waals surface area contributed by atoms with Gasteiger partial charge in [0.05, 0.1) is 16.9 Å². The van der Waals surface area contributed by atoms with Crippen LogP contribution in [-0.4, -0.2) is 27.7 Å². The van der Waals surface area contributed by atoms with Crippen LogP contribution in [0.25, 0.3) is 10.8 Å². The van der Waals surface area contributed by atoms with Gasteiger partial charge in [-0.15, -0.1) is 0 Å². The SMILES string of the molecule is CC(C)CC(CO)Nc1ccc([N+](=O)[O-])c2cnccc12. The molecule has 112 valence electrons. The zero-order valence-corrected chi connectivity index (χ0v) is 12.1. The number of hydrogen-bond acceptors (Lipinski definition) is 5. The summed E-state index contributed by atoms with van der Waals surface area (Å²) in [6.45, 7) is 4.19.